The predicted octanol–water partition coefficient (Wildman–Crippen LogP) is 1.85. The van der Waals surface area contributed by atoms with Crippen LogP contribution in [0, 0.1) is 0 Å². The van der Waals surface area contributed by atoms with Gasteiger partial charge < -0.3 is 16.0 Å². The van der Waals surface area contributed by atoms with Crippen LogP contribution < -0.4 is 16.0 Å². The van der Waals surface area contributed by atoms with Crippen LogP contribution in [0.25, 0.3) is 0 Å². The number of hydrogen-bond acceptors (Lipinski definition) is 2. The molecule has 0 saturated heterocycles. The highest BCUT2D eigenvalue weighted by Crippen LogP contribution is 2.28. The van der Waals surface area contributed by atoms with Gasteiger partial charge in [-0.2, -0.15) is 13.2 Å². The lowest BCUT2D eigenvalue weighted by Gasteiger charge is -2.10. The van der Waals surface area contributed by atoms with Gasteiger partial charge in [0.15, 0.2) is 5.96 Å². The molecule has 0 bridgehead atoms. The number of guanidine groups is 1. The van der Waals surface area contributed by atoms with Crippen LogP contribution in [-0.2, 0) is 6.18 Å². The van der Waals surface area contributed by atoms with Crippen molar-refractivity contribution >= 4 is 35.8 Å². The van der Waals surface area contributed by atoms with Crippen LogP contribution in [-0.4, -0.2) is 39.1 Å². The molecule has 0 radical (unpaired) electrons. The van der Waals surface area contributed by atoms with Gasteiger partial charge >= 0.3 is 6.18 Å². The van der Waals surface area contributed by atoms with Crippen LogP contribution in [0.5, 0.6) is 0 Å². The number of aliphatic imine (C=N–C) groups is 1. The second-order valence-electron chi connectivity index (χ2n) is 4.08. The maximum atomic E-state index is 12.4. The van der Waals surface area contributed by atoms with Gasteiger partial charge in [-0.3, -0.25) is 9.79 Å². The van der Waals surface area contributed by atoms with Crippen molar-refractivity contribution in [2.45, 2.75) is 6.18 Å². The van der Waals surface area contributed by atoms with Gasteiger partial charge in [0, 0.05) is 32.7 Å². The molecule has 0 saturated carbocycles. The van der Waals surface area contributed by atoms with E-state index in [0.29, 0.717) is 19.0 Å². The van der Waals surface area contributed by atoms with E-state index in [9.17, 15) is 18.0 Å². The number of amides is 1. The summed E-state index contributed by atoms with van der Waals surface area (Å²) in [7, 11) is 3.32. The third kappa shape index (κ3) is 6.50. The van der Waals surface area contributed by atoms with Gasteiger partial charge in [-0.25, -0.2) is 0 Å². The Bertz CT molecular complexity index is 503. The molecule has 0 aliphatic carbocycles. The van der Waals surface area contributed by atoms with Gasteiger partial charge in [0.05, 0.1) is 5.56 Å². The zero-order valence-electron chi connectivity index (χ0n) is 12.1. The lowest BCUT2D eigenvalue weighted by atomic mass is 10.1. The van der Waals surface area contributed by atoms with E-state index in [1.54, 1.807) is 14.1 Å². The molecular formula is C13H18F3IN4O. The summed E-state index contributed by atoms with van der Waals surface area (Å²) in [4.78, 5) is 15.6. The molecule has 0 aromatic heterocycles. The van der Waals surface area contributed by atoms with Crippen LogP contribution in [0.2, 0.25) is 0 Å². The van der Waals surface area contributed by atoms with Gasteiger partial charge in [0.2, 0.25) is 0 Å². The van der Waals surface area contributed by atoms with E-state index in [-0.39, 0.29) is 29.5 Å². The number of hydrogen-bond donors (Lipinski definition) is 3. The fourth-order valence-corrected chi connectivity index (χ4v) is 1.55. The van der Waals surface area contributed by atoms with Crippen molar-refractivity contribution in [3.05, 3.63) is 35.4 Å². The number of halogens is 4. The lowest BCUT2D eigenvalue weighted by Crippen LogP contribution is -2.39. The molecule has 0 spiro atoms. The number of carbonyl (C=O) groups excluding carboxylic acids is 1. The first kappa shape index (κ1) is 20.5. The molecule has 0 aliphatic heterocycles. The van der Waals surface area contributed by atoms with Crippen molar-refractivity contribution in [1.82, 2.24) is 16.0 Å². The lowest BCUT2D eigenvalue weighted by molar-refractivity contribution is -0.137. The zero-order chi connectivity index (χ0) is 15.9. The number of nitrogens with zero attached hydrogens (tertiary/aromatic N) is 1. The average molecular weight is 430 g/mol. The second-order valence-corrected chi connectivity index (χ2v) is 4.08. The molecular weight excluding hydrogens is 412 g/mol. The summed E-state index contributed by atoms with van der Waals surface area (Å²) in [6.07, 6.45) is -4.40. The third-order valence-corrected chi connectivity index (χ3v) is 2.64. The Morgan fingerprint density at radius 2 is 1.68 bits per heavy atom. The van der Waals surface area contributed by atoms with E-state index >= 15 is 0 Å². The van der Waals surface area contributed by atoms with E-state index in [2.05, 4.69) is 20.9 Å². The molecule has 0 atom stereocenters. The highest BCUT2D eigenvalue weighted by Gasteiger charge is 2.30. The molecule has 0 heterocycles. The summed E-state index contributed by atoms with van der Waals surface area (Å²) in [5.74, 6) is 0.156. The first-order valence-corrected chi connectivity index (χ1v) is 6.22. The molecule has 0 aliphatic rings. The molecule has 1 amide bonds. The largest absolute Gasteiger partial charge is 0.416 e. The molecule has 1 rings (SSSR count). The number of carbonyl (C=O) groups is 1. The summed E-state index contributed by atoms with van der Waals surface area (Å²) in [6.45, 7) is 0.764. The smallest absolute Gasteiger partial charge is 0.359 e. The van der Waals surface area contributed by atoms with Gasteiger partial charge in [-0.15, -0.1) is 24.0 Å². The summed E-state index contributed by atoms with van der Waals surface area (Å²) >= 11 is 0. The molecule has 9 heteroatoms. The number of rotatable bonds is 4. The SMILES string of the molecule is CN=C(NC)NCCNC(=O)c1ccc(C(F)(F)F)cc1.I. The Morgan fingerprint density at radius 1 is 1.14 bits per heavy atom. The summed E-state index contributed by atoms with van der Waals surface area (Å²) in [5.41, 5.74) is -0.598. The fourth-order valence-electron chi connectivity index (χ4n) is 1.55. The molecule has 1 aromatic rings. The summed E-state index contributed by atoms with van der Waals surface area (Å²) in [6, 6.07) is 4.07. The Hall–Kier alpha value is -1.52. The van der Waals surface area contributed by atoms with Gasteiger partial charge in [-0.1, -0.05) is 0 Å². The topological polar surface area (TPSA) is 65.5 Å². The predicted molar refractivity (Wildman–Crippen MR) is 89.6 cm³/mol. The molecule has 22 heavy (non-hydrogen) atoms. The highest BCUT2D eigenvalue weighted by atomic mass is 127. The van der Waals surface area contributed by atoms with E-state index in [1.165, 1.54) is 0 Å². The van der Waals surface area contributed by atoms with Crippen molar-refractivity contribution in [3.63, 3.8) is 0 Å². The zero-order valence-corrected chi connectivity index (χ0v) is 14.5. The number of alkyl halides is 3. The van der Waals surface area contributed by atoms with Crippen LogP contribution >= 0.6 is 24.0 Å². The average Bonchev–Trinajstić information content (AvgIpc) is 2.46. The Balaban J connectivity index is 0.00000441. The van der Waals surface area contributed by atoms with Crippen LogP contribution in [0.3, 0.4) is 0 Å². The van der Waals surface area contributed by atoms with Crippen LogP contribution in [0.1, 0.15) is 15.9 Å². The minimum atomic E-state index is -4.40. The first-order valence-electron chi connectivity index (χ1n) is 6.22. The number of nitrogens with one attached hydrogen (secondary N) is 3. The molecule has 0 fully saturated rings. The number of benzene rings is 1. The van der Waals surface area contributed by atoms with Gasteiger partial charge in [0.1, 0.15) is 0 Å². The second kappa shape index (κ2) is 9.49. The van der Waals surface area contributed by atoms with E-state index in [4.69, 9.17) is 0 Å². The van der Waals surface area contributed by atoms with E-state index in [1.807, 2.05) is 0 Å². The quantitative estimate of drug-likeness (QED) is 0.296. The minimum absolute atomic E-state index is 0. The molecule has 3 N–H and O–H groups in total. The summed E-state index contributed by atoms with van der Waals surface area (Å²) < 4.78 is 37.2. The van der Waals surface area contributed by atoms with Crippen molar-refractivity contribution < 1.29 is 18.0 Å². The van der Waals surface area contributed by atoms with Crippen molar-refractivity contribution in [3.8, 4) is 0 Å². The van der Waals surface area contributed by atoms with Gasteiger partial charge in [-0.05, 0) is 24.3 Å². The summed E-state index contributed by atoms with van der Waals surface area (Å²) in [5, 5.41) is 8.34. The normalized spacial score (nSPS) is 11.4. The van der Waals surface area contributed by atoms with Crippen molar-refractivity contribution in [2.24, 2.45) is 4.99 Å². The van der Waals surface area contributed by atoms with Crippen LogP contribution in [0.15, 0.2) is 29.3 Å². The molecule has 1 aromatic carbocycles. The molecule has 124 valence electrons. The van der Waals surface area contributed by atoms with Gasteiger partial charge in [0.25, 0.3) is 5.91 Å². The molecule has 0 unspecified atom stereocenters. The minimum Gasteiger partial charge on any atom is -0.359 e. The van der Waals surface area contributed by atoms with Crippen molar-refractivity contribution in [1.29, 1.82) is 0 Å². The third-order valence-electron chi connectivity index (χ3n) is 2.64. The fraction of sp³-hybridized carbons (Fsp3) is 0.385. The standard InChI is InChI=1S/C13H17F3N4O.HI/c1-17-12(18-2)20-8-7-19-11(21)9-3-5-10(6-4-9)13(14,15)16;/h3-6H,7-8H2,1-2H3,(H,19,21)(H2,17,18,20);1H. The Kier molecular flexibility index (Phi) is 8.83. The Morgan fingerprint density at radius 3 is 2.14 bits per heavy atom. The first-order chi connectivity index (χ1) is 9.88. The van der Waals surface area contributed by atoms with Crippen LogP contribution in [0.4, 0.5) is 13.2 Å². The maximum Gasteiger partial charge on any atom is 0.416 e. The Labute approximate surface area is 143 Å². The maximum absolute atomic E-state index is 12.4. The van der Waals surface area contributed by atoms with E-state index in [0.717, 1.165) is 24.3 Å². The van der Waals surface area contributed by atoms with Crippen molar-refractivity contribution in [2.75, 3.05) is 27.2 Å². The molecule has 5 nitrogen and oxygen atoms in total. The monoisotopic (exact) mass is 430 g/mol. The highest BCUT2D eigenvalue weighted by molar-refractivity contribution is 14.0. The van der Waals surface area contributed by atoms with E-state index < -0.39 is 17.6 Å².